The maximum Gasteiger partial charge on any atom is 0.0437 e. The van der Waals surface area contributed by atoms with Crippen molar-refractivity contribution in [2.75, 3.05) is 19.0 Å². The van der Waals surface area contributed by atoms with Crippen LogP contribution in [0.1, 0.15) is 22.3 Å². The molecule has 0 fully saturated rings. The van der Waals surface area contributed by atoms with E-state index in [2.05, 4.69) is 83.4 Å². The van der Waals surface area contributed by atoms with Gasteiger partial charge in [-0.3, -0.25) is 0 Å². The predicted octanol–water partition coefficient (Wildman–Crippen LogP) is 4.42. The van der Waals surface area contributed by atoms with Gasteiger partial charge in [-0.1, -0.05) is 34.1 Å². The SMILES string of the molecule is CNCc1ccc(CN(C)c2cc(C)cc(C)c2)c(Br)c1. The fraction of sp³-hybridized carbons (Fsp3) is 0.333. The van der Waals surface area contributed by atoms with Gasteiger partial charge in [-0.2, -0.15) is 0 Å². The van der Waals surface area contributed by atoms with Gasteiger partial charge in [-0.05, 0) is 61.3 Å². The normalized spacial score (nSPS) is 10.7. The second kappa shape index (κ2) is 7.10. The summed E-state index contributed by atoms with van der Waals surface area (Å²) in [6, 6.07) is 13.3. The number of benzene rings is 2. The zero-order valence-corrected chi connectivity index (χ0v) is 14.8. The van der Waals surface area contributed by atoms with Crippen molar-refractivity contribution in [3.05, 3.63) is 63.1 Å². The molecule has 0 aliphatic heterocycles. The molecule has 0 spiro atoms. The third kappa shape index (κ3) is 4.32. The summed E-state index contributed by atoms with van der Waals surface area (Å²) in [7, 11) is 4.11. The van der Waals surface area contributed by atoms with E-state index in [0.717, 1.165) is 13.1 Å². The van der Waals surface area contributed by atoms with Gasteiger partial charge in [0.25, 0.3) is 0 Å². The summed E-state index contributed by atoms with van der Waals surface area (Å²) < 4.78 is 1.17. The molecule has 0 unspecified atom stereocenters. The molecule has 1 N–H and O–H groups in total. The van der Waals surface area contributed by atoms with E-state index in [4.69, 9.17) is 0 Å². The fourth-order valence-corrected chi connectivity index (χ4v) is 3.10. The molecule has 2 aromatic rings. The van der Waals surface area contributed by atoms with Crippen LogP contribution >= 0.6 is 15.9 Å². The van der Waals surface area contributed by atoms with Crippen LogP contribution in [0.5, 0.6) is 0 Å². The van der Waals surface area contributed by atoms with Gasteiger partial charge >= 0.3 is 0 Å². The Hall–Kier alpha value is -1.32. The second-order valence-electron chi connectivity index (χ2n) is 5.66. The van der Waals surface area contributed by atoms with Crippen LogP contribution in [0.15, 0.2) is 40.9 Å². The Kier molecular flexibility index (Phi) is 5.43. The van der Waals surface area contributed by atoms with Gasteiger partial charge in [0.2, 0.25) is 0 Å². The molecule has 0 saturated heterocycles. The van der Waals surface area contributed by atoms with E-state index in [1.807, 2.05) is 7.05 Å². The second-order valence-corrected chi connectivity index (χ2v) is 6.51. The molecule has 2 nitrogen and oxygen atoms in total. The lowest BCUT2D eigenvalue weighted by Gasteiger charge is -2.21. The first kappa shape index (κ1) is 16.1. The maximum absolute atomic E-state index is 3.69. The Labute approximate surface area is 136 Å². The summed E-state index contributed by atoms with van der Waals surface area (Å²) in [5, 5.41) is 3.18. The molecule has 0 bridgehead atoms. The van der Waals surface area contributed by atoms with E-state index in [1.165, 1.54) is 32.4 Å². The third-order valence-corrected chi connectivity index (χ3v) is 4.29. The zero-order chi connectivity index (χ0) is 15.4. The van der Waals surface area contributed by atoms with Crippen LogP contribution in [0.2, 0.25) is 0 Å². The van der Waals surface area contributed by atoms with E-state index in [-0.39, 0.29) is 0 Å². The van der Waals surface area contributed by atoms with Crippen LogP contribution in [-0.4, -0.2) is 14.1 Å². The lowest BCUT2D eigenvalue weighted by Crippen LogP contribution is -2.17. The number of hydrogen-bond acceptors (Lipinski definition) is 2. The van der Waals surface area contributed by atoms with Crippen LogP contribution in [-0.2, 0) is 13.1 Å². The molecule has 0 heterocycles. The van der Waals surface area contributed by atoms with Gasteiger partial charge in [0.15, 0.2) is 0 Å². The molecule has 0 aliphatic carbocycles. The molecule has 21 heavy (non-hydrogen) atoms. The quantitative estimate of drug-likeness (QED) is 0.861. The lowest BCUT2D eigenvalue weighted by atomic mass is 10.1. The molecular weight excluding hydrogens is 324 g/mol. The number of hydrogen-bond donors (Lipinski definition) is 1. The Bertz CT molecular complexity index is 602. The van der Waals surface area contributed by atoms with Crippen molar-refractivity contribution in [3.8, 4) is 0 Å². The molecule has 0 saturated carbocycles. The van der Waals surface area contributed by atoms with Crippen LogP contribution in [0.25, 0.3) is 0 Å². The molecular formula is C18H23BrN2. The van der Waals surface area contributed by atoms with Gasteiger partial charge in [0, 0.05) is 30.3 Å². The average molecular weight is 347 g/mol. The van der Waals surface area contributed by atoms with Crippen LogP contribution < -0.4 is 10.2 Å². The molecule has 2 aromatic carbocycles. The number of rotatable bonds is 5. The van der Waals surface area contributed by atoms with Gasteiger partial charge in [-0.25, -0.2) is 0 Å². The van der Waals surface area contributed by atoms with Crippen molar-refractivity contribution >= 4 is 21.6 Å². The number of nitrogens with zero attached hydrogens (tertiary/aromatic N) is 1. The van der Waals surface area contributed by atoms with E-state index >= 15 is 0 Å². The summed E-state index contributed by atoms with van der Waals surface area (Å²) in [4.78, 5) is 2.29. The molecule has 0 amide bonds. The highest BCUT2D eigenvalue weighted by molar-refractivity contribution is 9.10. The summed E-state index contributed by atoms with van der Waals surface area (Å²) in [5.41, 5.74) is 6.47. The summed E-state index contributed by atoms with van der Waals surface area (Å²) in [6.45, 7) is 6.08. The van der Waals surface area contributed by atoms with Crippen LogP contribution in [0.3, 0.4) is 0 Å². The smallest absolute Gasteiger partial charge is 0.0437 e. The Morgan fingerprint density at radius 3 is 2.29 bits per heavy atom. The zero-order valence-electron chi connectivity index (χ0n) is 13.2. The van der Waals surface area contributed by atoms with Crippen molar-refractivity contribution in [1.82, 2.24) is 5.32 Å². The van der Waals surface area contributed by atoms with E-state index in [9.17, 15) is 0 Å². The topological polar surface area (TPSA) is 15.3 Å². The highest BCUT2D eigenvalue weighted by Crippen LogP contribution is 2.24. The van der Waals surface area contributed by atoms with E-state index in [0.29, 0.717) is 0 Å². The molecule has 0 radical (unpaired) electrons. The molecule has 0 aromatic heterocycles. The Morgan fingerprint density at radius 1 is 1.05 bits per heavy atom. The lowest BCUT2D eigenvalue weighted by molar-refractivity contribution is 0.815. The Balaban J connectivity index is 2.17. The van der Waals surface area contributed by atoms with Crippen molar-refractivity contribution in [2.24, 2.45) is 0 Å². The van der Waals surface area contributed by atoms with Crippen molar-refractivity contribution < 1.29 is 0 Å². The molecule has 2 rings (SSSR count). The van der Waals surface area contributed by atoms with Crippen molar-refractivity contribution in [3.63, 3.8) is 0 Å². The monoisotopic (exact) mass is 346 g/mol. The molecule has 0 aliphatic rings. The highest BCUT2D eigenvalue weighted by Gasteiger charge is 2.07. The van der Waals surface area contributed by atoms with Crippen molar-refractivity contribution in [1.29, 1.82) is 0 Å². The van der Waals surface area contributed by atoms with E-state index in [1.54, 1.807) is 0 Å². The van der Waals surface area contributed by atoms with Gasteiger partial charge in [-0.15, -0.1) is 0 Å². The number of halogens is 1. The van der Waals surface area contributed by atoms with Gasteiger partial charge < -0.3 is 10.2 Å². The molecule has 3 heteroatoms. The highest BCUT2D eigenvalue weighted by atomic mass is 79.9. The summed E-state index contributed by atoms with van der Waals surface area (Å²) >= 11 is 3.69. The fourth-order valence-electron chi connectivity index (χ4n) is 2.55. The van der Waals surface area contributed by atoms with Gasteiger partial charge in [0.05, 0.1) is 0 Å². The minimum absolute atomic E-state index is 0.892. The average Bonchev–Trinajstić information content (AvgIpc) is 2.41. The molecule has 0 atom stereocenters. The number of anilines is 1. The Morgan fingerprint density at radius 2 is 1.71 bits per heavy atom. The minimum atomic E-state index is 0.892. The number of aryl methyl sites for hydroxylation is 2. The maximum atomic E-state index is 3.69. The first-order valence-corrected chi connectivity index (χ1v) is 8.00. The predicted molar refractivity (Wildman–Crippen MR) is 94.9 cm³/mol. The minimum Gasteiger partial charge on any atom is -0.370 e. The van der Waals surface area contributed by atoms with Crippen molar-refractivity contribution in [2.45, 2.75) is 26.9 Å². The molecule has 112 valence electrons. The summed E-state index contributed by atoms with van der Waals surface area (Å²) in [6.07, 6.45) is 0. The first-order chi connectivity index (χ1) is 9.99. The van der Waals surface area contributed by atoms with E-state index < -0.39 is 0 Å². The van der Waals surface area contributed by atoms with Gasteiger partial charge in [0.1, 0.15) is 0 Å². The first-order valence-electron chi connectivity index (χ1n) is 7.21. The largest absolute Gasteiger partial charge is 0.370 e. The third-order valence-electron chi connectivity index (χ3n) is 3.55. The van der Waals surface area contributed by atoms with Crippen LogP contribution in [0, 0.1) is 13.8 Å². The summed E-state index contributed by atoms with van der Waals surface area (Å²) in [5.74, 6) is 0. The number of nitrogens with one attached hydrogen (secondary N) is 1. The standard InChI is InChI=1S/C18H23BrN2/c1-13-7-14(2)9-17(8-13)21(4)12-16-6-5-15(11-20-3)10-18(16)19/h5-10,20H,11-12H2,1-4H3. The van der Waals surface area contributed by atoms with Crippen LogP contribution in [0.4, 0.5) is 5.69 Å².